The fourth-order valence-electron chi connectivity index (χ4n) is 0. The molecule has 0 heterocycles. The van der Waals surface area contributed by atoms with Crippen LogP contribution in [0.4, 0.5) is 0 Å². The molecule has 0 radical (unpaired) electrons. The zero-order chi connectivity index (χ0) is 8.08. The van der Waals surface area contributed by atoms with Crippen LogP contribution in [0, 0.1) is 0 Å². The summed E-state index contributed by atoms with van der Waals surface area (Å²) in [5.41, 5.74) is 0. The molecule has 0 aromatic rings. The average Bonchev–Trinajstić information content (AvgIpc) is 1.19. The molecule has 0 amide bonds. The largest absolute Gasteiger partial charge is 6.00 e. The molecular weight excluding hydrogens is 210 g/mol. The first-order valence-electron chi connectivity index (χ1n) is 1.44. The molecule has 0 aliphatic carbocycles. The van der Waals surface area contributed by atoms with E-state index in [0.29, 0.717) is 0 Å². The van der Waals surface area contributed by atoms with Crippen molar-refractivity contribution in [3.63, 3.8) is 0 Å². The van der Waals surface area contributed by atoms with E-state index in [1.54, 1.807) is 0 Å². The van der Waals surface area contributed by atoms with E-state index in [1.165, 1.54) is 0 Å². The summed E-state index contributed by atoms with van der Waals surface area (Å²) in [5.74, 6) is 0. The van der Waals surface area contributed by atoms with Gasteiger partial charge in [-0.3, -0.25) is 7.32 Å². The van der Waals surface area contributed by atoms with Crippen LogP contribution in [0.2, 0.25) is 0 Å². The summed E-state index contributed by atoms with van der Waals surface area (Å²) in [6, 6.07) is 0. The van der Waals surface area contributed by atoms with Gasteiger partial charge in [-0.15, -0.1) is 0 Å². The van der Waals surface area contributed by atoms with Gasteiger partial charge in [0, 0.05) is 0 Å². The second-order valence-electron chi connectivity index (χ2n) is 0.736. The maximum atomic E-state index is 8.55. The Kier molecular flexibility index (Phi) is 13.0. The molecule has 0 saturated carbocycles. The van der Waals surface area contributed by atoms with Crippen LogP contribution in [0.3, 0.4) is 0 Å². The predicted molar refractivity (Wildman–Crippen MR) is 13.4 cm³/mol. The van der Waals surface area contributed by atoms with E-state index in [0.717, 1.165) is 0 Å². The first-order chi connectivity index (χ1) is 3.73. The average molecular weight is 210 g/mol. The van der Waals surface area contributed by atoms with Crippen LogP contribution in [0.5, 0.6) is 0 Å². The van der Waals surface area contributed by atoms with Crippen molar-refractivity contribution in [2.75, 3.05) is 0 Å². The van der Waals surface area contributed by atoms with Gasteiger partial charge in [0.2, 0.25) is 0 Å². The van der Waals surface area contributed by atoms with Gasteiger partial charge in [0.25, 0.3) is 0 Å². The van der Waals surface area contributed by atoms with Crippen LogP contribution in [0.1, 0.15) is 0 Å². The first-order valence-corrected chi connectivity index (χ1v) is 2.90. The van der Waals surface area contributed by atoms with E-state index in [-0.39, 0.29) is 17.1 Å². The van der Waals surface area contributed by atoms with Crippen molar-refractivity contribution in [3.8, 4) is 0 Å². The summed E-state index contributed by atoms with van der Waals surface area (Å²) >= 11 is 0. The molecule has 0 rings (SSSR count). The fraction of sp³-hybridized carbons (Fsp3) is 0. The fourth-order valence-corrected chi connectivity index (χ4v) is 0. The molecular formula is BFeO7P. The molecule has 0 atom stereocenters. The third-order valence-corrected chi connectivity index (χ3v) is 0. The van der Waals surface area contributed by atoms with E-state index in [1.807, 2.05) is 0 Å². The van der Waals surface area contributed by atoms with E-state index in [4.69, 9.17) is 34.3 Å². The molecule has 0 bridgehead atoms. The minimum absolute atomic E-state index is 0. The Labute approximate surface area is 67.2 Å². The summed E-state index contributed by atoms with van der Waals surface area (Å²) in [5, 5.41) is 25.2. The molecule has 0 N–H and O–H groups in total. The van der Waals surface area contributed by atoms with E-state index in [9.17, 15) is 0 Å². The van der Waals surface area contributed by atoms with Gasteiger partial charge in [0.05, 0.1) is 0 Å². The summed E-state index contributed by atoms with van der Waals surface area (Å²) < 4.78 is 8.55. The van der Waals surface area contributed by atoms with Crippen LogP contribution < -0.4 is 29.8 Å². The molecule has 0 fully saturated rings. The monoisotopic (exact) mass is 210 g/mol. The van der Waals surface area contributed by atoms with Crippen LogP contribution in [0.25, 0.3) is 0 Å². The van der Waals surface area contributed by atoms with Gasteiger partial charge in [0.1, 0.15) is 0 Å². The normalized spacial score (nSPS) is 8.60. The molecule has 0 saturated heterocycles. The van der Waals surface area contributed by atoms with Crippen molar-refractivity contribution < 1.29 is 51.4 Å². The van der Waals surface area contributed by atoms with Crippen LogP contribution in [-0.4, -0.2) is 7.32 Å². The number of phosphoric acid groups is 1. The third-order valence-electron chi connectivity index (χ3n) is 0. The smallest absolute Gasteiger partial charge is 0.907 e. The Balaban J connectivity index is -0.0000000910. The zero-order valence-corrected chi connectivity index (χ0v) is 6.23. The minimum atomic E-state index is -5.39. The van der Waals surface area contributed by atoms with Gasteiger partial charge in [-0.25, -0.2) is 0 Å². The molecule has 0 aliphatic rings. The Morgan fingerprint density at radius 3 is 1.00 bits per heavy atom. The van der Waals surface area contributed by atoms with Gasteiger partial charge in [-0.2, -0.15) is 7.82 Å². The second kappa shape index (κ2) is 7.68. The molecule has 0 aliphatic heterocycles. The van der Waals surface area contributed by atoms with Crippen LogP contribution >= 0.6 is 7.82 Å². The van der Waals surface area contributed by atoms with Crippen molar-refractivity contribution >= 4 is 15.1 Å². The van der Waals surface area contributed by atoms with Gasteiger partial charge in [0.15, 0.2) is 0 Å². The van der Waals surface area contributed by atoms with Crippen molar-refractivity contribution in [2.24, 2.45) is 0 Å². The number of hydrogen-bond acceptors (Lipinski definition) is 7. The molecule has 10 heavy (non-hydrogen) atoms. The molecule has 10 heteroatoms. The quantitative estimate of drug-likeness (QED) is 0.283. The molecule has 58 valence electrons. The Morgan fingerprint density at radius 1 is 1.00 bits per heavy atom. The summed E-state index contributed by atoms with van der Waals surface area (Å²) in [7, 11) is -8.31. The molecule has 0 aromatic heterocycles. The predicted octanol–water partition coefficient (Wildman–Crippen LogP) is -6.77. The molecule has 0 spiro atoms. The van der Waals surface area contributed by atoms with Crippen LogP contribution in [-0.2, 0) is 21.6 Å². The molecule has 0 unspecified atom stereocenters. The standard InChI is InChI=1S/BO3.Fe.H3O4P/c2-1(3)4;;1-5(2,3)4/h;;(H3,1,2,3,4)/q-3;+6;/p-3. The number of hydrogen-bond donors (Lipinski definition) is 0. The van der Waals surface area contributed by atoms with Crippen molar-refractivity contribution in [3.05, 3.63) is 0 Å². The van der Waals surface area contributed by atoms with E-state index < -0.39 is 15.1 Å². The van der Waals surface area contributed by atoms with Crippen molar-refractivity contribution in [2.45, 2.75) is 0 Å². The summed E-state index contributed by atoms with van der Waals surface area (Å²) in [6.45, 7) is 0. The Hall–Kier alpha value is 0.574. The second-order valence-corrected chi connectivity index (χ2v) is 1.63. The Morgan fingerprint density at radius 2 is 1.00 bits per heavy atom. The topological polar surface area (TPSA) is 155 Å². The maximum absolute atomic E-state index is 8.55. The number of rotatable bonds is 0. The van der Waals surface area contributed by atoms with E-state index in [2.05, 4.69) is 0 Å². The van der Waals surface area contributed by atoms with Gasteiger partial charge < -0.3 is 34.3 Å². The third kappa shape index (κ3) is 1490. The maximum Gasteiger partial charge on any atom is 6.00 e. The first kappa shape index (κ1) is 16.9. The molecule has 7 nitrogen and oxygen atoms in total. The SMILES string of the molecule is O=P([O-])([O-])[O-].[Fe+6].[O-]B([O-])[O-]. The van der Waals surface area contributed by atoms with Crippen molar-refractivity contribution in [1.82, 2.24) is 0 Å². The van der Waals surface area contributed by atoms with E-state index >= 15 is 0 Å². The van der Waals surface area contributed by atoms with Crippen molar-refractivity contribution in [1.29, 1.82) is 0 Å². The summed E-state index contributed by atoms with van der Waals surface area (Å²) in [6.07, 6.45) is 0. The van der Waals surface area contributed by atoms with Gasteiger partial charge in [-0.05, 0) is 0 Å². The van der Waals surface area contributed by atoms with Crippen LogP contribution in [0.15, 0.2) is 0 Å². The van der Waals surface area contributed by atoms with Gasteiger partial charge in [-0.1, -0.05) is 0 Å². The van der Waals surface area contributed by atoms with Gasteiger partial charge >= 0.3 is 17.1 Å². The zero-order valence-electron chi connectivity index (χ0n) is 4.24. The molecule has 0 aromatic carbocycles. The summed E-state index contributed by atoms with van der Waals surface area (Å²) in [4.78, 5) is 25.6. The Bertz CT molecular complexity index is 84.8. The minimum Gasteiger partial charge on any atom is -0.907 e.